The van der Waals surface area contributed by atoms with Crippen molar-refractivity contribution in [2.45, 2.75) is 45.1 Å². The molecule has 1 aromatic heterocycles. The van der Waals surface area contributed by atoms with Gasteiger partial charge in [0.05, 0.1) is 10.7 Å². The van der Waals surface area contributed by atoms with E-state index >= 15 is 0 Å². The standard InChI is InChI=1S/C12H16N2OS/c1-7-13-10-5-2-8(6-11(10)16-7)12(15)14-9-3-4-9/h8-9H,2-6H2,1H3,(H,14,15). The van der Waals surface area contributed by atoms with E-state index in [2.05, 4.69) is 10.3 Å². The minimum Gasteiger partial charge on any atom is -0.353 e. The van der Waals surface area contributed by atoms with Crippen LogP contribution < -0.4 is 5.32 Å². The molecule has 1 unspecified atom stereocenters. The van der Waals surface area contributed by atoms with Crippen LogP contribution >= 0.6 is 11.3 Å². The molecule has 3 nitrogen and oxygen atoms in total. The third kappa shape index (κ3) is 1.98. The Morgan fingerprint density at radius 3 is 3.00 bits per heavy atom. The molecule has 1 heterocycles. The van der Waals surface area contributed by atoms with E-state index in [0.29, 0.717) is 6.04 Å². The summed E-state index contributed by atoms with van der Waals surface area (Å²) in [5.74, 6) is 0.451. The lowest BCUT2D eigenvalue weighted by molar-refractivity contribution is -0.125. The van der Waals surface area contributed by atoms with Crippen LogP contribution in [0.4, 0.5) is 0 Å². The monoisotopic (exact) mass is 236 g/mol. The number of rotatable bonds is 2. The molecule has 1 aromatic rings. The van der Waals surface area contributed by atoms with Crippen LogP contribution in [-0.4, -0.2) is 16.9 Å². The van der Waals surface area contributed by atoms with Crippen molar-refractivity contribution in [1.82, 2.24) is 10.3 Å². The minimum absolute atomic E-state index is 0.188. The van der Waals surface area contributed by atoms with Gasteiger partial charge in [0.1, 0.15) is 0 Å². The van der Waals surface area contributed by atoms with E-state index in [1.54, 1.807) is 11.3 Å². The molecular formula is C12H16N2OS. The Labute approximate surface area is 99.3 Å². The Hall–Kier alpha value is -0.900. The van der Waals surface area contributed by atoms with E-state index < -0.39 is 0 Å². The molecule has 0 aliphatic heterocycles. The van der Waals surface area contributed by atoms with E-state index in [1.807, 2.05) is 6.92 Å². The van der Waals surface area contributed by atoms with Crippen molar-refractivity contribution in [2.75, 3.05) is 0 Å². The number of carbonyl (C=O) groups excluding carboxylic acids is 1. The summed E-state index contributed by atoms with van der Waals surface area (Å²) in [6.07, 6.45) is 5.18. The summed E-state index contributed by atoms with van der Waals surface area (Å²) in [5, 5.41) is 4.24. The third-order valence-corrected chi connectivity index (χ3v) is 4.38. The van der Waals surface area contributed by atoms with Gasteiger partial charge in [-0.1, -0.05) is 0 Å². The fourth-order valence-electron chi connectivity index (χ4n) is 2.27. The van der Waals surface area contributed by atoms with E-state index in [1.165, 1.54) is 23.4 Å². The molecule has 4 heteroatoms. The first-order valence-electron chi connectivity index (χ1n) is 5.98. The van der Waals surface area contributed by atoms with E-state index in [-0.39, 0.29) is 11.8 Å². The second-order valence-electron chi connectivity index (χ2n) is 4.83. The highest BCUT2D eigenvalue weighted by Crippen LogP contribution is 2.30. The molecule has 0 radical (unpaired) electrons. The minimum atomic E-state index is 0.188. The zero-order valence-electron chi connectivity index (χ0n) is 9.45. The fourth-order valence-corrected chi connectivity index (χ4v) is 3.34. The van der Waals surface area contributed by atoms with Crippen LogP contribution in [0.1, 0.15) is 34.8 Å². The predicted molar refractivity (Wildman–Crippen MR) is 63.5 cm³/mol. The number of amides is 1. The SMILES string of the molecule is Cc1nc2c(s1)CC(C(=O)NC1CC1)CC2. The number of hydrogen-bond donors (Lipinski definition) is 1. The molecule has 0 aromatic carbocycles. The van der Waals surface area contributed by atoms with Crippen molar-refractivity contribution in [3.63, 3.8) is 0 Å². The van der Waals surface area contributed by atoms with Crippen LogP contribution in [0.3, 0.4) is 0 Å². The van der Waals surface area contributed by atoms with Crippen molar-refractivity contribution in [2.24, 2.45) is 5.92 Å². The summed E-state index contributed by atoms with van der Waals surface area (Å²) >= 11 is 1.75. The molecule has 0 bridgehead atoms. The van der Waals surface area contributed by atoms with Gasteiger partial charge in [-0.15, -0.1) is 11.3 Å². The van der Waals surface area contributed by atoms with Crippen LogP contribution in [0.25, 0.3) is 0 Å². The lowest BCUT2D eigenvalue weighted by Crippen LogP contribution is -2.35. The first kappa shape index (κ1) is 10.3. The number of thiazole rings is 1. The first-order valence-corrected chi connectivity index (χ1v) is 6.79. The Bertz CT molecular complexity index is 423. The molecule has 0 saturated heterocycles. The maximum absolute atomic E-state index is 11.9. The molecule has 3 rings (SSSR count). The van der Waals surface area contributed by atoms with E-state index in [9.17, 15) is 4.79 Å². The molecule has 1 fully saturated rings. The van der Waals surface area contributed by atoms with Gasteiger partial charge < -0.3 is 5.32 Å². The number of nitrogens with zero attached hydrogens (tertiary/aromatic N) is 1. The van der Waals surface area contributed by atoms with Crippen molar-refractivity contribution in [1.29, 1.82) is 0 Å². The Morgan fingerprint density at radius 2 is 2.25 bits per heavy atom. The van der Waals surface area contributed by atoms with Gasteiger partial charge in [0, 0.05) is 16.8 Å². The highest BCUT2D eigenvalue weighted by molar-refractivity contribution is 7.11. The van der Waals surface area contributed by atoms with E-state index in [4.69, 9.17) is 0 Å². The van der Waals surface area contributed by atoms with Crippen LogP contribution in [-0.2, 0) is 17.6 Å². The maximum atomic E-state index is 11.9. The lowest BCUT2D eigenvalue weighted by Gasteiger charge is -2.20. The van der Waals surface area contributed by atoms with Crippen molar-refractivity contribution in [3.05, 3.63) is 15.6 Å². The van der Waals surface area contributed by atoms with Gasteiger partial charge in [0.25, 0.3) is 0 Å². The molecule has 1 N–H and O–H groups in total. The van der Waals surface area contributed by atoms with Gasteiger partial charge >= 0.3 is 0 Å². The molecule has 1 amide bonds. The highest BCUT2D eigenvalue weighted by atomic mass is 32.1. The number of aryl methyl sites for hydroxylation is 2. The van der Waals surface area contributed by atoms with E-state index in [0.717, 1.165) is 24.3 Å². The highest BCUT2D eigenvalue weighted by Gasteiger charge is 2.30. The smallest absolute Gasteiger partial charge is 0.223 e. The summed E-state index contributed by atoms with van der Waals surface area (Å²) in [5.41, 5.74) is 1.23. The van der Waals surface area contributed by atoms with Crippen LogP contribution in [0, 0.1) is 12.8 Å². The average Bonchev–Trinajstić information content (AvgIpc) is 2.96. The second-order valence-corrected chi connectivity index (χ2v) is 6.11. The fraction of sp³-hybridized carbons (Fsp3) is 0.667. The topological polar surface area (TPSA) is 42.0 Å². The molecule has 1 saturated carbocycles. The molecule has 16 heavy (non-hydrogen) atoms. The summed E-state index contributed by atoms with van der Waals surface area (Å²) in [7, 11) is 0. The van der Waals surface area contributed by atoms with Crippen molar-refractivity contribution >= 4 is 17.2 Å². The lowest BCUT2D eigenvalue weighted by atomic mass is 9.90. The van der Waals surface area contributed by atoms with Crippen LogP contribution in [0.2, 0.25) is 0 Å². The van der Waals surface area contributed by atoms with Gasteiger partial charge in [0.15, 0.2) is 0 Å². The average molecular weight is 236 g/mol. The number of carbonyl (C=O) groups is 1. The summed E-state index contributed by atoms with van der Waals surface area (Å²) in [4.78, 5) is 17.8. The molecule has 2 aliphatic carbocycles. The zero-order chi connectivity index (χ0) is 11.1. The molecule has 1 atom stereocenters. The summed E-state index contributed by atoms with van der Waals surface area (Å²) in [6.45, 7) is 2.04. The van der Waals surface area contributed by atoms with Gasteiger partial charge in [-0.2, -0.15) is 0 Å². The van der Waals surface area contributed by atoms with Gasteiger partial charge in [0.2, 0.25) is 5.91 Å². The molecule has 2 aliphatic rings. The third-order valence-electron chi connectivity index (χ3n) is 3.34. The summed E-state index contributed by atoms with van der Waals surface area (Å²) < 4.78 is 0. The molecule has 86 valence electrons. The van der Waals surface area contributed by atoms with Crippen molar-refractivity contribution < 1.29 is 4.79 Å². The van der Waals surface area contributed by atoms with Gasteiger partial charge in [-0.05, 0) is 39.0 Å². The number of fused-ring (bicyclic) bond motifs is 1. The molecule has 0 spiro atoms. The van der Waals surface area contributed by atoms with Crippen molar-refractivity contribution in [3.8, 4) is 0 Å². The summed E-state index contributed by atoms with van der Waals surface area (Å²) in [6, 6.07) is 0.483. The second kappa shape index (κ2) is 3.84. The number of aromatic nitrogens is 1. The number of nitrogens with one attached hydrogen (secondary N) is 1. The normalized spacial score (nSPS) is 23.9. The zero-order valence-corrected chi connectivity index (χ0v) is 10.3. The largest absolute Gasteiger partial charge is 0.353 e. The Morgan fingerprint density at radius 1 is 1.44 bits per heavy atom. The van der Waals surface area contributed by atoms with Crippen LogP contribution in [0.5, 0.6) is 0 Å². The molecular weight excluding hydrogens is 220 g/mol. The van der Waals surface area contributed by atoms with Gasteiger partial charge in [-0.25, -0.2) is 4.98 Å². The quantitative estimate of drug-likeness (QED) is 0.851. The van der Waals surface area contributed by atoms with Gasteiger partial charge in [-0.3, -0.25) is 4.79 Å². The predicted octanol–water partition coefficient (Wildman–Crippen LogP) is 1.84. The number of hydrogen-bond acceptors (Lipinski definition) is 3. The maximum Gasteiger partial charge on any atom is 0.223 e. The van der Waals surface area contributed by atoms with Crippen LogP contribution in [0.15, 0.2) is 0 Å². The Balaban J connectivity index is 1.69. The Kier molecular flexibility index (Phi) is 2.46. The first-order chi connectivity index (χ1) is 7.72.